The summed E-state index contributed by atoms with van der Waals surface area (Å²) in [6.07, 6.45) is 0.279. The van der Waals surface area contributed by atoms with Crippen LogP contribution in [0.1, 0.15) is 5.56 Å². The van der Waals surface area contributed by atoms with Crippen molar-refractivity contribution in [3.05, 3.63) is 29.8 Å². The molecule has 0 aliphatic heterocycles. The van der Waals surface area contributed by atoms with Crippen molar-refractivity contribution in [2.24, 2.45) is 5.73 Å². The third-order valence-corrected chi connectivity index (χ3v) is 2.11. The molecule has 0 aliphatic rings. The number of halogens is 3. The highest BCUT2D eigenvalue weighted by atomic mass is 35.5. The fourth-order valence-corrected chi connectivity index (χ4v) is 1.30. The maximum Gasteiger partial charge on any atom is 0.387 e. The molecular formula is C11H14ClF2NO3. The summed E-state index contributed by atoms with van der Waals surface area (Å²) in [5.41, 5.74) is 6.29. The first kappa shape index (κ1) is 16.6. The minimum atomic E-state index is -2.85. The number of hydrogen-bond acceptors (Lipinski definition) is 4. The SMILES string of the molecule is COC(=O)[C@@H](N)Cc1ccc(OC(F)F)cc1.Cl. The van der Waals surface area contributed by atoms with E-state index in [0.29, 0.717) is 0 Å². The molecule has 0 saturated carbocycles. The standard InChI is InChI=1S/C11H13F2NO3.ClH/c1-16-10(15)9(14)6-7-2-4-8(5-3-7)17-11(12)13;/h2-5,9,11H,6,14H2,1H3;1H/t9-;/m0./s1. The van der Waals surface area contributed by atoms with Gasteiger partial charge in [0, 0.05) is 0 Å². The molecule has 4 nitrogen and oxygen atoms in total. The molecule has 1 atom stereocenters. The van der Waals surface area contributed by atoms with Gasteiger partial charge in [-0.15, -0.1) is 12.4 Å². The minimum absolute atomic E-state index is 0. The molecule has 0 spiro atoms. The van der Waals surface area contributed by atoms with Crippen LogP contribution in [0.3, 0.4) is 0 Å². The van der Waals surface area contributed by atoms with Crippen LogP contribution in [0.4, 0.5) is 8.78 Å². The van der Waals surface area contributed by atoms with Gasteiger partial charge in [-0.05, 0) is 24.1 Å². The van der Waals surface area contributed by atoms with E-state index in [1.54, 1.807) is 12.1 Å². The van der Waals surface area contributed by atoms with E-state index >= 15 is 0 Å². The molecule has 7 heteroatoms. The van der Waals surface area contributed by atoms with E-state index in [1.807, 2.05) is 0 Å². The Kier molecular flexibility index (Phi) is 7.23. The first-order valence-corrected chi connectivity index (χ1v) is 4.90. The Bertz CT molecular complexity index is 373. The van der Waals surface area contributed by atoms with Gasteiger partial charge in [-0.2, -0.15) is 8.78 Å². The molecule has 1 aromatic carbocycles. The summed E-state index contributed by atoms with van der Waals surface area (Å²) in [6.45, 7) is -2.85. The van der Waals surface area contributed by atoms with Crippen molar-refractivity contribution in [2.45, 2.75) is 19.1 Å². The average Bonchev–Trinajstić information content (AvgIpc) is 2.30. The number of hydrogen-bond donors (Lipinski definition) is 1. The molecule has 0 fully saturated rings. The summed E-state index contributed by atoms with van der Waals surface area (Å²) in [5, 5.41) is 0. The van der Waals surface area contributed by atoms with Crippen LogP contribution < -0.4 is 10.5 Å². The molecule has 18 heavy (non-hydrogen) atoms. The van der Waals surface area contributed by atoms with Crippen LogP contribution in [0.2, 0.25) is 0 Å². The lowest BCUT2D eigenvalue weighted by atomic mass is 10.1. The van der Waals surface area contributed by atoms with Crippen molar-refractivity contribution in [3.8, 4) is 5.75 Å². The molecule has 0 saturated heterocycles. The van der Waals surface area contributed by atoms with Gasteiger partial charge in [0.2, 0.25) is 0 Å². The zero-order valence-electron chi connectivity index (χ0n) is 9.64. The van der Waals surface area contributed by atoms with Crippen LogP contribution >= 0.6 is 12.4 Å². The lowest BCUT2D eigenvalue weighted by Crippen LogP contribution is -2.33. The average molecular weight is 282 g/mol. The normalized spacial score (nSPS) is 11.6. The minimum Gasteiger partial charge on any atom is -0.468 e. The predicted octanol–water partition coefficient (Wildman–Crippen LogP) is 1.75. The van der Waals surface area contributed by atoms with Gasteiger partial charge in [0.05, 0.1) is 7.11 Å². The molecule has 0 unspecified atom stereocenters. The van der Waals surface area contributed by atoms with Gasteiger partial charge >= 0.3 is 12.6 Å². The highest BCUT2D eigenvalue weighted by Crippen LogP contribution is 2.15. The number of alkyl halides is 2. The van der Waals surface area contributed by atoms with Gasteiger partial charge in [-0.3, -0.25) is 4.79 Å². The molecule has 0 radical (unpaired) electrons. The highest BCUT2D eigenvalue weighted by Gasteiger charge is 2.14. The van der Waals surface area contributed by atoms with Crippen molar-refractivity contribution in [3.63, 3.8) is 0 Å². The van der Waals surface area contributed by atoms with Crippen LogP contribution in [-0.4, -0.2) is 25.7 Å². The van der Waals surface area contributed by atoms with Gasteiger partial charge in [0.15, 0.2) is 0 Å². The fraction of sp³-hybridized carbons (Fsp3) is 0.364. The number of benzene rings is 1. The van der Waals surface area contributed by atoms with Crippen LogP contribution in [0.25, 0.3) is 0 Å². The second-order valence-corrected chi connectivity index (χ2v) is 3.36. The Morgan fingerprint density at radius 2 is 1.89 bits per heavy atom. The molecule has 0 aromatic heterocycles. The highest BCUT2D eigenvalue weighted by molar-refractivity contribution is 5.85. The summed E-state index contributed by atoms with van der Waals surface area (Å²) in [4.78, 5) is 11.1. The zero-order valence-corrected chi connectivity index (χ0v) is 10.5. The Morgan fingerprint density at radius 1 is 1.33 bits per heavy atom. The van der Waals surface area contributed by atoms with Crippen LogP contribution in [-0.2, 0) is 16.0 Å². The molecule has 0 bridgehead atoms. The summed E-state index contributed by atoms with van der Waals surface area (Å²) in [6, 6.07) is 5.17. The maximum atomic E-state index is 11.9. The number of ether oxygens (including phenoxy) is 2. The van der Waals surface area contributed by atoms with E-state index in [-0.39, 0.29) is 24.6 Å². The Hall–Kier alpha value is -1.40. The van der Waals surface area contributed by atoms with Gasteiger partial charge in [-0.25, -0.2) is 0 Å². The molecule has 1 rings (SSSR count). The summed E-state index contributed by atoms with van der Waals surface area (Å²) in [5.74, 6) is -0.451. The molecule has 0 amide bonds. The molecular weight excluding hydrogens is 268 g/mol. The fourth-order valence-electron chi connectivity index (χ4n) is 1.30. The summed E-state index contributed by atoms with van der Waals surface area (Å²) < 4.78 is 32.4. The van der Waals surface area contributed by atoms with E-state index < -0.39 is 18.6 Å². The number of methoxy groups -OCH3 is 1. The first-order chi connectivity index (χ1) is 8.02. The van der Waals surface area contributed by atoms with Gasteiger partial charge in [-0.1, -0.05) is 12.1 Å². The summed E-state index contributed by atoms with van der Waals surface area (Å²) in [7, 11) is 1.25. The quantitative estimate of drug-likeness (QED) is 0.836. The number of rotatable bonds is 5. The third kappa shape index (κ3) is 5.29. The molecule has 1 aromatic rings. The second kappa shape index (κ2) is 7.84. The van der Waals surface area contributed by atoms with Gasteiger partial charge in [0.1, 0.15) is 11.8 Å². The number of carbonyl (C=O) groups excluding carboxylic acids is 1. The monoisotopic (exact) mass is 281 g/mol. The van der Waals surface area contributed by atoms with Crippen molar-refractivity contribution >= 4 is 18.4 Å². The van der Waals surface area contributed by atoms with Crippen LogP contribution in [0.5, 0.6) is 5.75 Å². The van der Waals surface area contributed by atoms with E-state index in [1.165, 1.54) is 19.2 Å². The molecule has 102 valence electrons. The predicted molar refractivity (Wildman–Crippen MR) is 64.0 cm³/mol. The maximum absolute atomic E-state index is 11.9. The molecule has 0 aliphatic carbocycles. The number of nitrogens with two attached hydrogens (primary N) is 1. The van der Waals surface area contributed by atoms with Gasteiger partial charge in [0.25, 0.3) is 0 Å². The smallest absolute Gasteiger partial charge is 0.387 e. The van der Waals surface area contributed by atoms with Crippen LogP contribution in [0, 0.1) is 0 Å². The van der Waals surface area contributed by atoms with E-state index in [9.17, 15) is 13.6 Å². The van der Waals surface area contributed by atoms with E-state index in [0.717, 1.165) is 5.56 Å². The molecule has 2 N–H and O–H groups in total. The summed E-state index contributed by atoms with van der Waals surface area (Å²) >= 11 is 0. The topological polar surface area (TPSA) is 61.5 Å². The number of carbonyl (C=O) groups is 1. The van der Waals surface area contributed by atoms with Gasteiger partial charge < -0.3 is 15.2 Å². The van der Waals surface area contributed by atoms with Crippen molar-refractivity contribution < 1.29 is 23.0 Å². The Balaban J connectivity index is 0.00000289. The zero-order chi connectivity index (χ0) is 12.8. The van der Waals surface area contributed by atoms with Crippen molar-refractivity contribution in [1.29, 1.82) is 0 Å². The van der Waals surface area contributed by atoms with E-state index in [2.05, 4.69) is 9.47 Å². The largest absolute Gasteiger partial charge is 0.468 e. The second-order valence-electron chi connectivity index (χ2n) is 3.36. The van der Waals surface area contributed by atoms with Crippen molar-refractivity contribution in [1.82, 2.24) is 0 Å². The Labute approximate surface area is 109 Å². The lowest BCUT2D eigenvalue weighted by molar-refractivity contribution is -0.142. The first-order valence-electron chi connectivity index (χ1n) is 4.90. The van der Waals surface area contributed by atoms with E-state index in [4.69, 9.17) is 5.73 Å². The lowest BCUT2D eigenvalue weighted by Gasteiger charge is -2.10. The number of esters is 1. The molecule has 0 heterocycles. The van der Waals surface area contributed by atoms with Crippen LogP contribution in [0.15, 0.2) is 24.3 Å². The Morgan fingerprint density at radius 3 is 2.33 bits per heavy atom. The van der Waals surface area contributed by atoms with Crippen molar-refractivity contribution in [2.75, 3.05) is 7.11 Å². The third-order valence-electron chi connectivity index (χ3n) is 2.11.